The van der Waals surface area contributed by atoms with Gasteiger partial charge in [0.15, 0.2) is 5.58 Å². The Morgan fingerprint density at radius 2 is 2.00 bits per heavy atom. The number of hydrogen-bond acceptors (Lipinski definition) is 4. The van der Waals surface area contributed by atoms with E-state index >= 15 is 0 Å². The molecular weight excluding hydrogens is 226 g/mol. The normalized spacial score (nSPS) is 12.3. The van der Waals surface area contributed by atoms with E-state index in [4.69, 9.17) is 4.42 Å². The summed E-state index contributed by atoms with van der Waals surface area (Å²) < 4.78 is 5.63. The summed E-state index contributed by atoms with van der Waals surface area (Å²) >= 11 is 0. The molecule has 2 rings (SSSR count). The molecule has 0 saturated heterocycles. The molecule has 1 N–H and O–H groups in total. The van der Waals surface area contributed by atoms with Crippen LogP contribution in [0.15, 0.2) is 28.7 Å². The molecule has 98 valence electrons. The molecule has 0 spiro atoms. The van der Waals surface area contributed by atoms with Crippen LogP contribution in [0.5, 0.6) is 0 Å². The first kappa shape index (κ1) is 12.9. The lowest BCUT2D eigenvalue weighted by Gasteiger charge is -2.27. The van der Waals surface area contributed by atoms with E-state index in [-0.39, 0.29) is 5.41 Å². The molecule has 0 unspecified atom stereocenters. The Labute approximate surface area is 108 Å². The third kappa shape index (κ3) is 3.23. The molecule has 0 amide bonds. The molecule has 0 fully saturated rings. The van der Waals surface area contributed by atoms with E-state index in [9.17, 15) is 0 Å². The van der Waals surface area contributed by atoms with Gasteiger partial charge in [-0.05, 0) is 31.6 Å². The van der Waals surface area contributed by atoms with E-state index in [1.54, 1.807) is 0 Å². The lowest BCUT2D eigenvalue weighted by molar-refractivity contribution is 0.253. The Hall–Kier alpha value is -1.55. The zero-order valence-electron chi connectivity index (χ0n) is 11.5. The Morgan fingerprint density at radius 3 is 2.67 bits per heavy atom. The van der Waals surface area contributed by atoms with Crippen molar-refractivity contribution in [2.24, 2.45) is 5.41 Å². The van der Waals surface area contributed by atoms with Gasteiger partial charge in [0, 0.05) is 13.1 Å². The van der Waals surface area contributed by atoms with Gasteiger partial charge in [0.2, 0.25) is 0 Å². The topological polar surface area (TPSA) is 41.3 Å². The highest BCUT2D eigenvalue weighted by Gasteiger charge is 2.19. The number of hydrogen-bond donors (Lipinski definition) is 1. The highest BCUT2D eigenvalue weighted by Crippen LogP contribution is 2.21. The third-order valence-electron chi connectivity index (χ3n) is 2.76. The number of fused-ring (bicyclic) bond motifs is 1. The predicted octanol–water partition coefficient (Wildman–Crippen LogP) is 2.83. The average Bonchev–Trinajstić information content (AvgIpc) is 2.67. The van der Waals surface area contributed by atoms with Crippen molar-refractivity contribution in [1.29, 1.82) is 0 Å². The number of nitrogens with one attached hydrogen (secondary N) is 1. The van der Waals surface area contributed by atoms with Crippen molar-refractivity contribution in [2.45, 2.75) is 13.8 Å². The maximum absolute atomic E-state index is 5.63. The summed E-state index contributed by atoms with van der Waals surface area (Å²) in [7, 11) is 4.17. The molecule has 1 heterocycles. The molecule has 0 aliphatic rings. The van der Waals surface area contributed by atoms with Crippen molar-refractivity contribution in [3.05, 3.63) is 24.3 Å². The van der Waals surface area contributed by atoms with Gasteiger partial charge >= 0.3 is 0 Å². The smallest absolute Gasteiger partial charge is 0.295 e. The molecule has 0 radical (unpaired) electrons. The van der Waals surface area contributed by atoms with Crippen molar-refractivity contribution in [2.75, 3.05) is 32.5 Å². The fourth-order valence-electron chi connectivity index (χ4n) is 2.17. The van der Waals surface area contributed by atoms with Crippen LogP contribution in [0.25, 0.3) is 11.1 Å². The Kier molecular flexibility index (Phi) is 3.57. The van der Waals surface area contributed by atoms with Gasteiger partial charge in [0.25, 0.3) is 6.01 Å². The van der Waals surface area contributed by atoms with Crippen LogP contribution in [0.2, 0.25) is 0 Å². The highest BCUT2D eigenvalue weighted by molar-refractivity contribution is 5.74. The van der Waals surface area contributed by atoms with Gasteiger partial charge in [-0.15, -0.1) is 0 Å². The van der Waals surface area contributed by atoms with Gasteiger partial charge in [-0.3, -0.25) is 0 Å². The molecule has 0 aliphatic heterocycles. The lowest BCUT2D eigenvalue weighted by Crippen LogP contribution is -2.34. The number of rotatable bonds is 5. The molecule has 0 aliphatic carbocycles. The van der Waals surface area contributed by atoms with Crippen molar-refractivity contribution in [3.63, 3.8) is 0 Å². The van der Waals surface area contributed by atoms with Crippen LogP contribution in [-0.2, 0) is 0 Å². The van der Waals surface area contributed by atoms with Crippen molar-refractivity contribution in [1.82, 2.24) is 9.88 Å². The van der Waals surface area contributed by atoms with Crippen LogP contribution in [-0.4, -0.2) is 37.1 Å². The zero-order chi connectivity index (χ0) is 13.2. The molecule has 4 nitrogen and oxygen atoms in total. The number of benzene rings is 1. The summed E-state index contributed by atoms with van der Waals surface area (Å²) in [5.41, 5.74) is 1.89. The molecular formula is C14H21N3O. The van der Waals surface area contributed by atoms with E-state index in [1.807, 2.05) is 24.3 Å². The Balaban J connectivity index is 2.01. The monoisotopic (exact) mass is 247 g/mol. The second kappa shape index (κ2) is 4.98. The Bertz CT molecular complexity index is 483. The van der Waals surface area contributed by atoms with E-state index in [0.717, 1.165) is 24.2 Å². The maximum atomic E-state index is 5.63. The quantitative estimate of drug-likeness (QED) is 0.882. The second-order valence-corrected chi connectivity index (χ2v) is 5.74. The Morgan fingerprint density at radius 1 is 1.28 bits per heavy atom. The largest absolute Gasteiger partial charge is 0.424 e. The average molecular weight is 247 g/mol. The number of para-hydroxylation sites is 2. The summed E-state index contributed by atoms with van der Waals surface area (Å²) in [5, 5.41) is 3.28. The van der Waals surface area contributed by atoms with Crippen LogP contribution in [0.3, 0.4) is 0 Å². The number of nitrogens with zero attached hydrogens (tertiary/aromatic N) is 2. The van der Waals surface area contributed by atoms with Crippen molar-refractivity contribution < 1.29 is 4.42 Å². The fourth-order valence-corrected chi connectivity index (χ4v) is 2.17. The first-order valence-corrected chi connectivity index (χ1v) is 6.20. The predicted molar refractivity (Wildman–Crippen MR) is 74.8 cm³/mol. The lowest BCUT2D eigenvalue weighted by atomic mass is 9.93. The van der Waals surface area contributed by atoms with Crippen LogP contribution in [0, 0.1) is 5.41 Å². The third-order valence-corrected chi connectivity index (χ3v) is 2.76. The fraction of sp³-hybridized carbons (Fsp3) is 0.500. The van der Waals surface area contributed by atoms with Gasteiger partial charge in [-0.2, -0.15) is 4.98 Å². The van der Waals surface area contributed by atoms with Crippen molar-refractivity contribution >= 4 is 17.1 Å². The summed E-state index contributed by atoms with van der Waals surface area (Å²) in [6.45, 7) is 6.30. The van der Waals surface area contributed by atoms with Gasteiger partial charge in [-0.25, -0.2) is 0 Å². The molecule has 1 aromatic carbocycles. The second-order valence-electron chi connectivity index (χ2n) is 5.74. The molecule has 1 aromatic heterocycles. The summed E-state index contributed by atoms with van der Waals surface area (Å²) in [6, 6.07) is 8.40. The molecule has 0 saturated carbocycles. The van der Waals surface area contributed by atoms with Crippen LogP contribution < -0.4 is 5.32 Å². The maximum Gasteiger partial charge on any atom is 0.295 e. The summed E-state index contributed by atoms with van der Waals surface area (Å²) in [4.78, 5) is 6.59. The number of anilines is 1. The molecule has 0 atom stereocenters. The van der Waals surface area contributed by atoms with Gasteiger partial charge in [0.05, 0.1) is 0 Å². The van der Waals surface area contributed by atoms with Crippen LogP contribution in [0.4, 0.5) is 6.01 Å². The SMILES string of the molecule is CN(C)CC(C)(C)CNc1nc2ccccc2o1. The van der Waals surface area contributed by atoms with Crippen LogP contribution in [0.1, 0.15) is 13.8 Å². The summed E-state index contributed by atoms with van der Waals surface area (Å²) in [6.07, 6.45) is 0. The number of aromatic nitrogens is 1. The molecule has 0 bridgehead atoms. The molecule has 4 heteroatoms. The molecule has 18 heavy (non-hydrogen) atoms. The van der Waals surface area contributed by atoms with Gasteiger partial charge in [-0.1, -0.05) is 26.0 Å². The van der Waals surface area contributed by atoms with Crippen molar-refractivity contribution in [3.8, 4) is 0 Å². The van der Waals surface area contributed by atoms with E-state index in [1.165, 1.54) is 0 Å². The van der Waals surface area contributed by atoms with E-state index < -0.39 is 0 Å². The van der Waals surface area contributed by atoms with Gasteiger partial charge in [0.1, 0.15) is 5.52 Å². The minimum absolute atomic E-state index is 0.171. The summed E-state index contributed by atoms with van der Waals surface area (Å²) in [5.74, 6) is 0. The first-order chi connectivity index (χ1) is 8.46. The molecule has 2 aromatic rings. The minimum atomic E-state index is 0.171. The number of oxazole rings is 1. The van der Waals surface area contributed by atoms with Crippen LogP contribution >= 0.6 is 0 Å². The van der Waals surface area contributed by atoms with Gasteiger partial charge < -0.3 is 14.6 Å². The first-order valence-electron chi connectivity index (χ1n) is 6.20. The standard InChI is InChI=1S/C14H21N3O/c1-14(2,10-17(3)4)9-15-13-16-11-7-5-6-8-12(11)18-13/h5-8H,9-10H2,1-4H3,(H,15,16). The highest BCUT2D eigenvalue weighted by atomic mass is 16.4. The van der Waals surface area contributed by atoms with E-state index in [0.29, 0.717) is 6.01 Å². The van der Waals surface area contributed by atoms with E-state index in [2.05, 4.69) is 43.1 Å². The minimum Gasteiger partial charge on any atom is -0.424 e. The zero-order valence-corrected chi connectivity index (χ0v) is 11.5.